The van der Waals surface area contributed by atoms with E-state index in [0.29, 0.717) is 0 Å². The summed E-state index contributed by atoms with van der Waals surface area (Å²) in [6.45, 7) is 10.2. The van der Waals surface area contributed by atoms with Gasteiger partial charge in [0, 0.05) is 25.7 Å². The molecule has 0 unspecified atom stereocenters. The number of hydrogen-bond acceptors (Lipinski definition) is 1. The van der Waals surface area contributed by atoms with Crippen molar-refractivity contribution >= 4 is 37.1 Å². The average Bonchev–Trinajstić information content (AvgIpc) is 2.97. The van der Waals surface area contributed by atoms with E-state index in [-0.39, 0.29) is 0 Å². The van der Waals surface area contributed by atoms with E-state index in [2.05, 4.69) is 82.0 Å². The Hall–Kier alpha value is -2.38. The topological polar surface area (TPSA) is 0 Å². The van der Waals surface area contributed by atoms with Crippen molar-refractivity contribution in [3.63, 3.8) is 0 Å². The maximum Gasteiger partial charge on any atom is 0.0436 e. The smallest absolute Gasteiger partial charge is 0.0436 e. The molecule has 0 saturated heterocycles. The van der Waals surface area contributed by atoms with Crippen LogP contribution < -0.4 is 0 Å². The van der Waals surface area contributed by atoms with Crippen molar-refractivity contribution in [3.8, 4) is 0 Å². The second-order valence-corrected chi connectivity index (χ2v) is 6.96. The Labute approximate surface area is 148 Å². The third-order valence-corrected chi connectivity index (χ3v) is 5.60. The standard InChI is InChI=1S/C23H22S/c1-5-7-8-11-18(16(3)6-2)22-17(4)14-15-20-19-12-9-10-13-21(19)24-23(20)22/h5-15H,1H2,2-4H3/b8-7-,16-6-,18-11+. The highest BCUT2D eigenvalue weighted by Crippen LogP contribution is 2.41. The summed E-state index contributed by atoms with van der Waals surface area (Å²) in [6, 6.07) is 13.2. The van der Waals surface area contributed by atoms with E-state index < -0.39 is 0 Å². The zero-order chi connectivity index (χ0) is 17.1. The molecule has 0 saturated carbocycles. The average molecular weight is 330 g/mol. The molecule has 120 valence electrons. The normalized spacial score (nSPS) is 13.3. The number of fused-ring (bicyclic) bond motifs is 3. The first-order valence-corrected chi connectivity index (χ1v) is 9.03. The summed E-state index contributed by atoms with van der Waals surface area (Å²) in [4.78, 5) is 0. The number of benzene rings is 2. The molecule has 3 rings (SSSR count). The third-order valence-electron chi connectivity index (χ3n) is 4.39. The minimum atomic E-state index is 1.28. The van der Waals surface area contributed by atoms with Crippen molar-refractivity contribution in [2.45, 2.75) is 20.8 Å². The van der Waals surface area contributed by atoms with Gasteiger partial charge in [-0.2, -0.15) is 0 Å². The van der Waals surface area contributed by atoms with Gasteiger partial charge >= 0.3 is 0 Å². The van der Waals surface area contributed by atoms with Gasteiger partial charge in [-0.15, -0.1) is 11.3 Å². The lowest BCUT2D eigenvalue weighted by Gasteiger charge is -2.13. The van der Waals surface area contributed by atoms with Crippen LogP contribution in [0.5, 0.6) is 0 Å². The molecule has 1 heterocycles. The van der Waals surface area contributed by atoms with Crippen molar-refractivity contribution in [3.05, 3.63) is 90.1 Å². The van der Waals surface area contributed by atoms with Crippen LogP contribution in [0.2, 0.25) is 0 Å². The van der Waals surface area contributed by atoms with Crippen molar-refractivity contribution in [1.82, 2.24) is 0 Å². The molecule has 3 aromatic rings. The number of thiophene rings is 1. The molecule has 0 N–H and O–H groups in total. The predicted molar refractivity (Wildman–Crippen MR) is 111 cm³/mol. The van der Waals surface area contributed by atoms with E-state index in [9.17, 15) is 0 Å². The number of allylic oxidation sites excluding steroid dienone is 7. The number of aryl methyl sites for hydroxylation is 1. The Balaban J connectivity index is 2.37. The molecule has 0 radical (unpaired) electrons. The van der Waals surface area contributed by atoms with Crippen molar-refractivity contribution < 1.29 is 0 Å². The highest BCUT2D eigenvalue weighted by Gasteiger charge is 2.14. The Morgan fingerprint density at radius 3 is 2.58 bits per heavy atom. The van der Waals surface area contributed by atoms with Crippen molar-refractivity contribution in [2.24, 2.45) is 0 Å². The van der Waals surface area contributed by atoms with Gasteiger partial charge in [0.2, 0.25) is 0 Å². The first-order valence-electron chi connectivity index (χ1n) is 8.21. The summed E-state index contributed by atoms with van der Waals surface area (Å²) >= 11 is 1.89. The fourth-order valence-electron chi connectivity index (χ4n) is 3.02. The zero-order valence-electron chi connectivity index (χ0n) is 14.5. The zero-order valence-corrected chi connectivity index (χ0v) is 15.3. The van der Waals surface area contributed by atoms with Crippen molar-refractivity contribution in [2.75, 3.05) is 0 Å². The fourth-order valence-corrected chi connectivity index (χ4v) is 4.34. The largest absolute Gasteiger partial charge is 0.135 e. The summed E-state index contributed by atoms with van der Waals surface area (Å²) in [7, 11) is 0. The van der Waals surface area contributed by atoms with Gasteiger partial charge < -0.3 is 0 Å². The highest BCUT2D eigenvalue weighted by atomic mass is 32.1. The Morgan fingerprint density at radius 2 is 1.83 bits per heavy atom. The molecule has 0 aliphatic carbocycles. The molecular formula is C23H22S. The van der Waals surface area contributed by atoms with Gasteiger partial charge in [-0.05, 0) is 43.5 Å². The summed E-state index contributed by atoms with van der Waals surface area (Å²) in [6.07, 6.45) is 10.2. The minimum absolute atomic E-state index is 1.28. The van der Waals surface area contributed by atoms with E-state index in [1.54, 1.807) is 0 Å². The molecule has 1 heteroatoms. The van der Waals surface area contributed by atoms with Crippen LogP contribution in [0.25, 0.3) is 25.7 Å². The summed E-state index contributed by atoms with van der Waals surface area (Å²) in [5.41, 5.74) is 5.23. The number of hydrogen-bond donors (Lipinski definition) is 0. The monoisotopic (exact) mass is 330 g/mol. The molecular weight excluding hydrogens is 308 g/mol. The lowest BCUT2D eigenvalue weighted by atomic mass is 9.93. The van der Waals surface area contributed by atoms with E-state index in [4.69, 9.17) is 0 Å². The van der Waals surface area contributed by atoms with Gasteiger partial charge in [0.15, 0.2) is 0 Å². The van der Waals surface area contributed by atoms with Crippen LogP contribution in [0, 0.1) is 6.92 Å². The fraction of sp³-hybridized carbons (Fsp3) is 0.130. The maximum atomic E-state index is 3.76. The van der Waals surface area contributed by atoms with Crippen LogP contribution in [0.3, 0.4) is 0 Å². The molecule has 0 aliphatic rings. The first-order chi connectivity index (χ1) is 11.7. The molecule has 0 nitrogen and oxygen atoms in total. The lowest BCUT2D eigenvalue weighted by Crippen LogP contribution is -1.91. The van der Waals surface area contributed by atoms with Crippen LogP contribution in [0.4, 0.5) is 0 Å². The van der Waals surface area contributed by atoms with Gasteiger partial charge in [0.25, 0.3) is 0 Å². The van der Waals surface area contributed by atoms with Crippen LogP contribution in [-0.2, 0) is 0 Å². The summed E-state index contributed by atoms with van der Waals surface area (Å²) in [5.74, 6) is 0. The van der Waals surface area contributed by atoms with Crippen LogP contribution >= 0.6 is 11.3 Å². The molecule has 0 bridgehead atoms. The Bertz CT molecular complexity index is 993. The van der Waals surface area contributed by atoms with E-state index >= 15 is 0 Å². The molecule has 24 heavy (non-hydrogen) atoms. The van der Waals surface area contributed by atoms with E-state index in [1.807, 2.05) is 23.5 Å². The summed E-state index contributed by atoms with van der Waals surface area (Å²) < 4.78 is 2.72. The molecule has 0 amide bonds. The molecule has 0 aliphatic heterocycles. The molecule has 1 aromatic heterocycles. The summed E-state index contributed by atoms with van der Waals surface area (Å²) in [5, 5.41) is 2.69. The van der Waals surface area contributed by atoms with Gasteiger partial charge in [-0.25, -0.2) is 0 Å². The van der Waals surface area contributed by atoms with Gasteiger partial charge in [-0.3, -0.25) is 0 Å². The Morgan fingerprint density at radius 1 is 1.04 bits per heavy atom. The maximum absolute atomic E-state index is 3.76. The Kier molecular flexibility index (Phi) is 4.82. The second-order valence-electron chi connectivity index (χ2n) is 5.90. The lowest BCUT2D eigenvalue weighted by molar-refractivity contribution is 1.42. The van der Waals surface area contributed by atoms with E-state index in [1.165, 1.54) is 42.4 Å². The van der Waals surface area contributed by atoms with Gasteiger partial charge in [0.05, 0.1) is 0 Å². The molecule has 0 spiro atoms. The third kappa shape index (κ3) is 2.88. The number of rotatable bonds is 4. The van der Waals surface area contributed by atoms with Crippen LogP contribution in [-0.4, -0.2) is 0 Å². The predicted octanol–water partition coefficient (Wildman–Crippen LogP) is 7.45. The quantitative estimate of drug-likeness (QED) is 0.436. The minimum Gasteiger partial charge on any atom is -0.135 e. The van der Waals surface area contributed by atoms with Gasteiger partial charge in [0.1, 0.15) is 0 Å². The van der Waals surface area contributed by atoms with Gasteiger partial charge in [-0.1, -0.05) is 67.3 Å². The van der Waals surface area contributed by atoms with Crippen LogP contribution in [0.1, 0.15) is 25.0 Å². The van der Waals surface area contributed by atoms with E-state index in [0.717, 1.165) is 0 Å². The molecule has 0 fully saturated rings. The second kappa shape index (κ2) is 7.02. The van der Waals surface area contributed by atoms with Crippen LogP contribution in [0.15, 0.2) is 78.9 Å². The molecule has 2 aromatic carbocycles. The first kappa shape index (κ1) is 16.5. The van der Waals surface area contributed by atoms with Crippen molar-refractivity contribution in [1.29, 1.82) is 0 Å². The SMILES string of the molecule is C=C\C=C/C=C(\C(C)=C/C)c1c(C)ccc2c1sc1ccccc12. The highest BCUT2D eigenvalue weighted by molar-refractivity contribution is 7.26. The molecule has 0 atom stereocenters.